The van der Waals surface area contributed by atoms with Crippen molar-refractivity contribution in [3.8, 4) is 0 Å². The Balaban J connectivity index is 4.19. The molecule has 0 aromatic heterocycles. The second-order valence-corrected chi connectivity index (χ2v) is 14.8. The van der Waals surface area contributed by atoms with Gasteiger partial charge in [-0.25, -0.2) is 0 Å². The smallest absolute Gasteiger partial charge is 0.306 e. The SMILES string of the molecule is CC/C=C/C/C=C/C/C=C/CCCCCCCCCCCCC(=O)OCC(COCCC(C(=O)[O-])[N+](C)(C)C)OC(=O)CCCCCCCCC. The Morgan fingerprint density at radius 3 is 1.63 bits per heavy atom. The molecule has 0 spiro atoms. The number of nitrogens with zero attached hydrogens (tertiary/aromatic N) is 1. The van der Waals surface area contributed by atoms with Crippen LogP contribution in [0.1, 0.15) is 168 Å². The molecule has 51 heavy (non-hydrogen) atoms. The van der Waals surface area contributed by atoms with Crippen LogP contribution in [0.2, 0.25) is 0 Å². The lowest BCUT2D eigenvalue weighted by Gasteiger charge is -2.34. The summed E-state index contributed by atoms with van der Waals surface area (Å²) >= 11 is 0. The van der Waals surface area contributed by atoms with Crippen LogP contribution in [0.3, 0.4) is 0 Å². The zero-order chi connectivity index (χ0) is 37.8. The first-order valence-corrected chi connectivity index (χ1v) is 20.5. The zero-order valence-electron chi connectivity index (χ0n) is 33.5. The molecule has 0 aliphatic rings. The van der Waals surface area contributed by atoms with E-state index >= 15 is 0 Å². The van der Waals surface area contributed by atoms with Crippen LogP contribution in [0.25, 0.3) is 0 Å². The quantitative estimate of drug-likeness (QED) is 0.0275. The van der Waals surface area contributed by atoms with Gasteiger partial charge in [-0.2, -0.15) is 0 Å². The van der Waals surface area contributed by atoms with E-state index in [9.17, 15) is 19.5 Å². The number of unbranched alkanes of at least 4 members (excludes halogenated alkanes) is 16. The lowest BCUT2D eigenvalue weighted by atomic mass is 10.1. The molecule has 8 heteroatoms. The molecule has 0 radical (unpaired) electrons. The van der Waals surface area contributed by atoms with Gasteiger partial charge in [-0.1, -0.05) is 140 Å². The summed E-state index contributed by atoms with van der Waals surface area (Å²) in [6.07, 6.45) is 37.6. The van der Waals surface area contributed by atoms with Gasteiger partial charge in [-0.3, -0.25) is 9.59 Å². The second-order valence-electron chi connectivity index (χ2n) is 14.8. The van der Waals surface area contributed by atoms with Crippen molar-refractivity contribution in [3.63, 3.8) is 0 Å². The van der Waals surface area contributed by atoms with E-state index in [1.54, 1.807) is 21.1 Å². The number of hydrogen-bond donors (Lipinski definition) is 0. The number of rotatable bonds is 36. The molecule has 0 N–H and O–H groups in total. The lowest BCUT2D eigenvalue weighted by molar-refractivity contribution is -0.889. The molecule has 0 aliphatic heterocycles. The van der Waals surface area contributed by atoms with Gasteiger partial charge in [0, 0.05) is 19.3 Å². The molecule has 0 fully saturated rings. The van der Waals surface area contributed by atoms with Crippen molar-refractivity contribution in [1.82, 2.24) is 0 Å². The Bertz CT molecular complexity index is 937. The lowest BCUT2D eigenvalue weighted by Crippen LogP contribution is -2.55. The van der Waals surface area contributed by atoms with Crippen LogP contribution in [0.15, 0.2) is 36.5 Å². The number of carboxylic acid groups (broad SMARTS) is 1. The minimum Gasteiger partial charge on any atom is -0.544 e. The van der Waals surface area contributed by atoms with Gasteiger partial charge >= 0.3 is 11.9 Å². The van der Waals surface area contributed by atoms with E-state index in [2.05, 4.69) is 50.3 Å². The normalized spacial score (nSPS) is 13.4. The van der Waals surface area contributed by atoms with Crippen LogP contribution < -0.4 is 5.11 Å². The molecular weight excluding hydrogens is 642 g/mol. The molecule has 0 heterocycles. The second kappa shape index (κ2) is 34.6. The van der Waals surface area contributed by atoms with E-state index in [1.165, 1.54) is 77.0 Å². The molecule has 296 valence electrons. The molecule has 0 bridgehead atoms. The largest absolute Gasteiger partial charge is 0.544 e. The maximum Gasteiger partial charge on any atom is 0.306 e. The number of carbonyl (C=O) groups is 3. The summed E-state index contributed by atoms with van der Waals surface area (Å²) in [7, 11) is 5.39. The minimum atomic E-state index is -1.13. The van der Waals surface area contributed by atoms with Crippen molar-refractivity contribution in [1.29, 1.82) is 0 Å². The highest BCUT2D eigenvalue weighted by molar-refractivity contribution is 5.70. The molecule has 8 nitrogen and oxygen atoms in total. The minimum absolute atomic E-state index is 0.0411. The van der Waals surface area contributed by atoms with Crippen LogP contribution in [-0.4, -0.2) is 75.5 Å². The monoisotopic (exact) mass is 720 g/mol. The standard InChI is InChI=1S/C43H77NO7/c1-6-8-10-12-14-15-16-17-18-19-20-21-22-23-24-25-26-28-29-31-33-41(45)50-38-39(37-49-36-35-40(43(47)48)44(3,4)5)51-42(46)34-32-30-27-13-11-9-7-2/h8,10,14-15,17-18,39-40H,6-7,9,11-13,16,19-38H2,1-5H3/b10-8+,15-14+,18-17+. The summed E-state index contributed by atoms with van der Waals surface area (Å²) in [6, 6.07) is -0.722. The Labute approximate surface area is 313 Å². The summed E-state index contributed by atoms with van der Waals surface area (Å²) in [6.45, 7) is 4.50. The summed E-state index contributed by atoms with van der Waals surface area (Å²) in [4.78, 5) is 36.6. The van der Waals surface area contributed by atoms with E-state index < -0.39 is 18.1 Å². The molecule has 2 atom stereocenters. The average molecular weight is 720 g/mol. The number of ether oxygens (including phenoxy) is 3. The van der Waals surface area contributed by atoms with Gasteiger partial charge in [0.15, 0.2) is 6.10 Å². The first-order valence-electron chi connectivity index (χ1n) is 20.5. The van der Waals surface area contributed by atoms with Crippen molar-refractivity contribution in [2.24, 2.45) is 0 Å². The van der Waals surface area contributed by atoms with Crippen molar-refractivity contribution in [2.75, 3.05) is 41.0 Å². The van der Waals surface area contributed by atoms with E-state index in [-0.39, 0.29) is 42.7 Å². The predicted octanol–water partition coefficient (Wildman–Crippen LogP) is 9.35. The van der Waals surface area contributed by atoms with Crippen molar-refractivity contribution in [3.05, 3.63) is 36.5 Å². The van der Waals surface area contributed by atoms with Crippen LogP contribution in [0.5, 0.6) is 0 Å². The fourth-order valence-electron chi connectivity index (χ4n) is 5.85. The van der Waals surface area contributed by atoms with Gasteiger partial charge < -0.3 is 28.6 Å². The molecule has 0 rings (SSSR count). The Morgan fingerprint density at radius 1 is 0.608 bits per heavy atom. The van der Waals surface area contributed by atoms with E-state index in [0.717, 1.165) is 57.8 Å². The Kier molecular flexibility index (Phi) is 33.0. The molecular formula is C43H77NO7. The number of esters is 2. The fourth-order valence-corrected chi connectivity index (χ4v) is 5.85. The number of carbonyl (C=O) groups excluding carboxylic acids is 3. The molecule has 0 amide bonds. The average Bonchev–Trinajstić information content (AvgIpc) is 3.08. The number of quaternary nitrogens is 1. The van der Waals surface area contributed by atoms with E-state index in [1.807, 2.05) is 0 Å². The first-order chi connectivity index (χ1) is 24.6. The number of carboxylic acids is 1. The topological polar surface area (TPSA) is 102 Å². The predicted molar refractivity (Wildman–Crippen MR) is 208 cm³/mol. The molecule has 0 aliphatic carbocycles. The fraction of sp³-hybridized carbons (Fsp3) is 0.791. The van der Waals surface area contributed by atoms with E-state index in [0.29, 0.717) is 12.8 Å². The van der Waals surface area contributed by atoms with Gasteiger partial charge in [0.2, 0.25) is 0 Å². The third-order valence-corrected chi connectivity index (χ3v) is 9.04. The number of hydrogen-bond acceptors (Lipinski definition) is 7. The molecule has 0 saturated heterocycles. The number of allylic oxidation sites excluding steroid dienone is 6. The Morgan fingerprint density at radius 2 is 1.10 bits per heavy atom. The molecule has 2 unspecified atom stereocenters. The molecule has 0 aromatic carbocycles. The highest BCUT2D eigenvalue weighted by Crippen LogP contribution is 2.14. The van der Waals surface area contributed by atoms with Crippen LogP contribution >= 0.6 is 0 Å². The maximum absolute atomic E-state index is 12.5. The molecule has 0 saturated carbocycles. The number of aliphatic carboxylic acids is 1. The van der Waals surface area contributed by atoms with Gasteiger partial charge in [-0.15, -0.1) is 0 Å². The highest BCUT2D eigenvalue weighted by atomic mass is 16.6. The van der Waals surface area contributed by atoms with Crippen LogP contribution in [0.4, 0.5) is 0 Å². The molecule has 0 aromatic rings. The highest BCUT2D eigenvalue weighted by Gasteiger charge is 2.25. The van der Waals surface area contributed by atoms with Crippen LogP contribution in [0, 0.1) is 0 Å². The summed E-state index contributed by atoms with van der Waals surface area (Å²) in [5.74, 6) is -1.75. The summed E-state index contributed by atoms with van der Waals surface area (Å²) in [5, 5.41) is 11.6. The van der Waals surface area contributed by atoms with Gasteiger partial charge in [0.1, 0.15) is 12.6 Å². The van der Waals surface area contributed by atoms with Gasteiger partial charge in [0.25, 0.3) is 0 Å². The van der Waals surface area contributed by atoms with Crippen LogP contribution in [-0.2, 0) is 28.6 Å². The number of likely N-dealkylation sites (N-methyl/N-ethyl adjacent to an activating group) is 1. The maximum atomic E-state index is 12.5. The van der Waals surface area contributed by atoms with Crippen molar-refractivity contribution in [2.45, 2.75) is 180 Å². The van der Waals surface area contributed by atoms with Gasteiger partial charge in [-0.05, 0) is 44.9 Å². The first kappa shape index (κ1) is 48.5. The zero-order valence-corrected chi connectivity index (χ0v) is 33.5. The Hall–Kier alpha value is -2.45. The van der Waals surface area contributed by atoms with Crippen molar-refractivity contribution >= 4 is 17.9 Å². The summed E-state index contributed by atoms with van der Waals surface area (Å²) in [5.41, 5.74) is 0. The summed E-state index contributed by atoms with van der Waals surface area (Å²) < 4.78 is 17.1. The van der Waals surface area contributed by atoms with E-state index in [4.69, 9.17) is 14.2 Å². The van der Waals surface area contributed by atoms with Gasteiger partial charge in [0.05, 0.1) is 40.3 Å². The third-order valence-electron chi connectivity index (χ3n) is 9.04. The third kappa shape index (κ3) is 33.2. The van der Waals surface area contributed by atoms with Crippen molar-refractivity contribution < 1.29 is 38.2 Å².